The van der Waals surface area contributed by atoms with Gasteiger partial charge in [0.1, 0.15) is 11.4 Å². The zero-order chi connectivity index (χ0) is 29.5. The van der Waals surface area contributed by atoms with Crippen molar-refractivity contribution >= 4 is 24.9 Å². The topological polar surface area (TPSA) is 66.9 Å². The van der Waals surface area contributed by atoms with Crippen molar-refractivity contribution in [2.45, 2.75) is 96.6 Å². The van der Waals surface area contributed by atoms with Gasteiger partial charge >= 0.3 is 0 Å². The molecule has 41 heavy (non-hydrogen) atoms. The summed E-state index contributed by atoms with van der Waals surface area (Å²) < 4.78 is 27.5. The van der Waals surface area contributed by atoms with Gasteiger partial charge in [-0.05, 0) is 85.2 Å². The van der Waals surface area contributed by atoms with Crippen LogP contribution >= 0.6 is 0 Å². The van der Waals surface area contributed by atoms with Crippen molar-refractivity contribution in [3.05, 3.63) is 57.1 Å². The number of fused-ring (bicyclic) bond motifs is 4. The Morgan fingerprint density at radius 2 is 2.00 bits per heavy atom. The summed E-state index contributed by atoms with van der Waals surface area (Å²) in [5, 5.41) is 16.6. The molecule has 0 bridgehead atoms. The summed E-state index contributed by atoms with van der Waals surface area (Å²) in [5.74, 6) is -0.188. The Morgan fingerprint density at radius 1 is 1.24 bits per heavy atom. The molecule has 3 aliphatic heterocycles. The van der Waals surface area contributed by atoms with Gasteiger partial charge in [0.15, 0.2) is 8.32 Å². The third kappa shape index (κ3) is 4.52. The van der Waals surface area contributed by atoms with Crippen LogP contribution in [0.2, 0.25) is 18.1 Å². The maximum Gasteiger partial charge on any atom is 0.192 e. The normalized spacial score (nSPS) is 25.8. The zero-order valence-corrected chi connectivity index (χ0v) is 27.1. The van der Waals surface area contributed by atoms with E-state index in [1.807, 2.05) is 13.8 Å². The highest BCUT2D eigenvalue weighted by atomic mass is 28.4. The molecule has 6 nitrogen and oxygen atoms in total. The summed E-state index contributed by atoms with van der Waals surface area (Å²) >= 11 is 0. The van der Waals surface area contributed by atoms with Gasteiger partial charge in [0.25, 0.3) is 0 Å². The quantitative estimate of drug-likeness (QED) is 0.319. The number of aromatic nitrogens is 1. The molecule has 222 valence electrons. The lowest BCUT2D eigenvalue weighted by atomic mass is 9.74. The number of benzene rings is 1. The summed E-state index contributed by atoms with van der Waals surface area (Å²) in [7, 11) is -1.85. The van der Waals surface area contributed by atoms with E-state index in [1.165, 1.54) is 11.1 Å². The highest BCUT2D eigenvalue weighted by Crippen LogP contribution is 2.49. The molecule has 6 rings (SSSR count). The van der Waals surface area contributed by atoms with Crippen LogP contribution in [-0.2, 0) is 27.7 Å². The van der Waals surface area contributed by atoms with Crippen molar-refractivity contribution in [1.82, 2.24) is 15.2 Å². The van der Waals surface area contributed by atoms with Gasteiger partial charge in [-0.1, -0.05) is 27.7 Å². The van der Waals surface area contributed by atoms with Gasteiger partial charge in [0, 0.05) is 48.8 Å². The maximum absolute atomic E-state index is 15.2. The third-order valence-corrected chi connectivity index (χ3v) is 15.2. The summed E-state index contributed by atoms with van der Waals surface area (Å²) in [6.45, 7) is 21.3. The van der Waals surface area contributed by atoms with Crippen LogP contribution in [0.25, 0.3) is 16.6 Å². The van der Waals surface area contributed by atoms with Gasteiger partial charge in [0.2, 0.25) is 0 Å². The third-order valence-electron chi connectivity index (χ3n) is 10.7. The molecule has 0 amide bonds. The van der Waals surface area contributed by atoms with E-state index in [9.17, 15) is 5.11 Å². The van der Waals surface area contributed by atoms with Crippen LogP contribution in [0, 0.1) is 12.7 Å². The first-order valence-electron chi connectivity index (χ1n) is 15.2. The van der Waals surface area contributed by atoms with Crippen molar-refractivity contribution in [3.8, 4) is 0 Å². The van der Waals surface area contributed by atoms with Gasteiger partial charge in [-0.2, -0.15) is 0 Å². The molecule has 4 heterocycles. The molecular formula is C33H46FN3O3Si. The van der Waals surface area contributed by atoms with E-state index >= 15 is 4.39 Å². The first kappa shape index (κ1) is 29.0. The van der Waals surface area contributed by atoms with Crippen molar-refractivity contribution in [2.75, 3.05) is 32.9 Å². The SMILES string of the molecule is CC[C@@]1(O)COCC2=C1C=C1c3nc4cc(F)c(C)c5c4c(c3CN1C2)[C@@](C)(NCCO[Si](C)(C)C(C)(C)C)CC5. The van der Waals surface area contributed by atoms with Crippen LogP contribution in [0.1, 0.15) is 75.4 Å². The molecule has 0 spiro atoms. The van der Waals surface area contributed by atoms with E-state index in [0.717, 1.165) is 70.5 Å². The van der Waals surface area contributed by atoms with Crippen LogP contribution in [0.4, 0.5) is 4.39 Å². The number of nitrogens with one attached hydrogen (secondary N) is 1. The van der Waals surface area contributed by atoms with Gasteiger partial charge in [-0.25, -0.2) is 9.37 Å². The van der Waals surface area contributed by atoms with Gasteiger partial charge in [0.05, 0.1) is 30.1 Å². The smallest absolute Gasteiger partial charge is 0.192 e. The predicted octanol–water partition coefficient (Wildman–Crippen LogP) is 6.09. The Balaban J connectivity index is 1.43. The van der Waals surface area contributed by atoms with Crippen molar-refractivity contribution in [3.63, 3.8) is 0 Å². The van der Waals surface area contributed by atoms with E-state index in [4.69, 9.17) is 14.1 Å². The monoisotopic (exact) mass is 579 g/mol. The number of hydrogen-bond donors (Lipinski definition) is 2. The molecular weight excluding hydrogens is 533 g/mol. The minimum Gasteiger partial charge on any atom is -0.416 e. The molecule has 1 aromatic heterocycles. The lowest BCUT2D eigenvalue weighted by Gasteiger charge is -2.40. The van der Waals surface area contributed by atoms with E-state index in [1.54, 1.807) is 6.07 Å². The number of aliphatic hydroxyl groups is 1. The Labute approximate surface area is 245 Å². The molecule has 0 saturated heterocycles. The van der Waals surface area contributed by atoms with Crippen molar-refractivity contribution in [1.29, 1.82) is 0 Å². The fourth-order valence-corrected chi connectivity index (χ4v) is 8.05. The predicted molar refractivity (Wildman–Crippen MR) is 165 cm³/mol. The van der Waals surface area contributed by atoms with Gasteiger partial charge < -0.3 is 24.5 Å². The zero-order valence-electron chi connectivity index (χ0n) is 26.1. The molecule has 1 aliphatic carbocycles. The van der Waals surface area contributed by atoms with Crippen LogP contribution in [-0.4, -0.2) is 61.8 Å². The van der Waals surface area contributed by atoms with E-state index in [-0.39, 0.29) is 16.4 Å². The van der Waals surface area contributed by atoms with E-state index in [0.29, 0.717) is 32.8 Å². The van der Waals surface area contributed by atoms with Crippen molar-refractivity contribution in [2.24, 2.45) is 0 Å². The molecule has 2 N–H and O–H groups in total. The van der Waals surface area contributed by atoms with Gasteiger partial charge in [-0.15, -0.1) is 0 Å². The number of halogens is 1. The molecule has 4 aliphatic rings. The highest BCUT2D eigenvalue weighted by Gasteiger charge is 2.44. The molecule has 0 fully saturated rings. The minimum absolute atomic E-state index is 0.168. The number of pyridine rings is 1. The highest BCUT2D eigenvalue weighted by molar-refractivity contribution is 6.74. The second kappa shape index (κ2) is 9.71. The summed E-state index contributed by atoms with van der Waals surface area (Å²) in [5.41, 5.74) is 7.80. The lowest BCUT2D eigenvalue weighted by molar-refractivity contribution is -0.0311. The average molecular weight is 580 g/mol. The molecule has 2 aromatic rings. The van der Waals surface area contributed by atoms with Crippen LogP contribution in [0.5, 0.6) is 0 Å². The first-order chi connectivity index (χ1) is 19.2. The lowest BCUT2D eigenvalue weighted by Crippen LogP contribution is -2.47. The molecule has 0 unspecified atom stereocenters. The molecule has 0 radical (unpaired) electrons. The maximum atomic E-state index is 15.2. The summed E-state index contributed by atoms with van der Waals surface area (Å²) in [6, 6.07) is 1.62. The number of rotatable bonds is 6. The standard InChI is InChI=1S/C33H46FN3O3Si/c1-9-33(38)19-39-18-21-16-37-17-23-29-28-22(10-11-32(29,6)35-12-13-40-41(7,8)31(3,4)5)20(2)25(34)15-26(28)36-30(23)27(37)14-24(21)33/h14-15,35,38H,9-13,16-19H2,1-8H3/t32-,33+/m0/s1. The minimum atomic E-state index is -1.85. The fraction of sp³-hybridized carbons (Fsp3) is 0.606. The number of hydrogen-bond acceptors (Lipinski definition) is 6. The Morgan fingerprint density at radius 3 is 2.71 bits per heavy atom. The van der Waals surface area contributed by atoms with Crippen LogP contribution in [0.15, 0.2) is 23.3 Å². The average Bonchev–Trinajstić information content (AvgIpc) is 3.26. The summed E-state index contributed by atoms with van der Waals surface area (Å²) in [4.78, 5) is 7.50. The van der Waals surface area contributed by atoms with Crippen LogP contribution in [0.3, 0.4) is 0 Å². The van der Waals surface area contributed by atoms with Gasteiger partial charge in [-0.3, -0.25) is 0 Å². The van der Waals surface area contributed by atoms with E-state index in [2.05, 4.69) is 57.1 Å². The fourth-order valence-electron chi connectivity index (χ4n) is 7.01. The first-order valence-corrected chi connectivity index (χ1v) is 18.1. The largest absolute Gasteiger partial charge is 0.416 e. The Hall–Kier alpha value is -2.10. The Kier molecular flexibility index (Phi) is 6.86. The summed E-state index contributed by atoms with van der Waals surface area (Å²) in [6.07, 6.45) is 4.41. The molecule has 0 saturated carbocycles. The second-order valence-corrected chi connectivity index (χ2v) is 19.1. The number of aryl methyl sites for hydroxylation is 1. The van der Waals surface area contributed by atoms with Crippen molar-refractivity contribution < 1.29 is 18.7 Å². The van der Waals surface area contributed by atoms with Crippen LogP contribution < -0.4 is 5.32 Å². The second-order valence-electron chi connectivity index (χ2n) is 14.3. The number of nitrogens with zero attached hydrogens (tertiary/aromatic N) is 2. The van der Waals surface area contributed by atoms with E-state index < -0.39 is 13.9 Å². The molecule has 8 heteroatoms. The molecule has 2 atom stereocenters. The molecule has 1 aromatic carbocycles. The number of ether oxygens (including phenoxy) is 1. The Bertz CT molecular complexity index is 1490.